The van der Waals surface area contributed by atoms with Crippen molar-refractivity contribution < 1.29 is 17.9 Å². The van der Waals surface area contributed by atoms with Gasteiger partial charge in [0.05, 0.1) is 11.5 Å². The molecule has 0 bridgehead atoms. The molecule has 1 aliphatic heterocycles. The van der Waals surface area contributed by atoms with Gasteiger partial charge in [-0.05, 0) is 49.4 Å². The Balaban J connectivity index is 2.12. The van der Waals surface area contributed by atoms with E-state index in [4.69, 9.17) is 4.74 Å². The van der Waals surface area contributed by atoms with E-state index in [1.54, 1.807) is 23.4 Å². The first-order valence-corrected chi connectivity index (χ1v) is 9.31. The Morgan fingerprint density at radius 1 is 1.22 bits per heavy atom. The first kappa shape index (κ1) is 17.7. The molecule has 6 nitrogen and oxygen atoms in total. The van der Waals surface area contributed by atoms with E-state index < -0.39 is 16.1 Å². The average molecular weight is 340 g/mol. The predicted octanol–water partition coefficient (Wildman–Crippen LogP) is 2.92. The first-order valence-electron chi connectivity index (χ1n) is 7.87. The zero-order chi connectivity index (χ0) is 17.0. The summed E-state index contributed by atoms with van der Waals surface area (Å²) in [6.45, 7) is 7.25. The van der Waals surface area contributed by atoms with Crippen molar-refractivity contribution in [3.05, 3.63) is 24.3 Å². The lowest BCUT2D eigenvalue weighted by Crippen LogP contribution is -2.42. The molecular weight excluding hydrogens is 316 g/mol. The maximum atomic E-state index is 12.7. The van der Waals surface area contributed by atoms with Crippen molar-refractivity contribution in [2.24, 2.45) is 11.8 Å². The lowest BCUT2D eigenvalue weighted by atomic mass is 9.94. The highest BCUT2D eigenvalue weighted by Crippen LogP contribution is 2.27. The summed E-state index contributed by atoms with van der Waals surface area (Å²) < 4.78 is 31.8. The Bertz CT molecular complexity index is 633. The molecule has 0 radical (unpaired) electrons. The number of amides is 1. The third-order valence-corrected chi connectivity index (χ3v) is 5.70. The molecule has 7 heteroatoms. The number of piperidine rings is 1. The minimum Gasteiger partial charge on any atom is -0.450 e. The molecule has 2 atom stereocenters. The van der Waals surface area contributed by atoms with Crippen molar-refractivity contribution in [2.45, 2.75) is 32.1 Å². The van der Waals surface area contributed by atoms with Crippen molar-refractivity contribution in [1.29, 1.82) is 0 Å². The van der Waals surface area contributed by atoms with E-state index >= 15 is 0 Å². The summed E-state index contributed by atoms with van der Waals surface area (Å²) in [5.41, 5.74) is 0.503. The van der Waals surface area contributed by atoms with Crippen LogP contribution in [0.2, 0.25) is 0 Å². The molecule has 0 unspecified atom stereocenters. The van der Waals surface area contributed by atoms with E-state index in [1.165, 1.54) is 12.1 Å². The van der Waals surface area contributed by atoms with Gasteiger partial charge < -0.3 is 4.74 Å². The molecule has 1 aromatic carbocycles. The smallest absolute Gasteiger partial charge is 0.411 e. The zero-order valence-corrected chi connectivity index (χ0v) is 14.6. The van der Waals surface area contributed by atoms with Crippen LogP contribution in [0.25, 0.3) is 0 Å². The topological polar surface area (TPSA) is 75.7 Å². The van der Waals surface area contributed by atoms with Gasteiger partial charge in [-0.2, -0.15) is 4.31 Å². The number of sulfonamides is 1. The fourth-order valence-corrected chi connectivity index (χ4v) is 4.63. The molecule has 0 spiro atoms. The van der Waals surface area contributed by atoms with Gasteiger partial charge in [0.1, 0.15) is 0 Å². The van der Waals surface area contributed by atoms with Crippen LogP contribution < -0.4 is 5.32 Å². The number of ether oxygens (including phenoxy) is 1. The number of benzene rings is 1. The zero-order valence-electron chi connectivity index (χ0n) is 13.8. The Labute approximate surface area is 137 Å². The third kappa shape index (κ3) is 4.45. The number of hydrogen-bond donors (Lipinski definition) is 1. The molecule has 23 heavy (non-hydrogen) atoms. The van der Waals surface area contributed by atoms with Crippen molar-refractivity contribution in [1.82, 2.24) is 4.31 Å². The van der Waals surface area contributed by atoms with Crippen LogP contribution in [-0.4, -0.2) is 38.5 Å². The average Bonchev–Trinajstić information content (AvgIpc) is 2.47. The Hall–Kier alpha value is -1.60. The molecular formula is C16H24N2O4S. The summed E-state index contributed by atoms with van der Waals surface area (Å²) in [6.07, 6.45) is 0.496. The number of hydrogen-bond acceptors (Lipinski definition) is 4. The number of carbonyl (C=O) groups excluding carboxylic acids is 1. The van der Waals surface area contributed by atoms with Gasteiger partial charge in [-0.3, -0.25) is 5.32 Å². The molecule has 0 aromatic heterocycles. The van der Waals surface area contributed by atoms with Gasteiger partial charge in [-0.1, -0.05) is 13.8 Å². The molecule has 1 saturated heterocycles. The van der Waals surface area contributed by atoms with E-state index in [1.807, 2.05) is 0 Å². The van der Waals surface area contributed by atoms with Crippen LogP contribution in [0.5, 0.6) is 0 Å². The van der Waals surface area contributed by atoms with E-state index in [-0.39, 0.29) is 11.5 Å². The molecule has 1 amide bonds. The second-order valence-corrected chi connectivity index (χ2v) is 8.08. The summed E-state index contributed by atoms with van der Waals surface area (Å²) in [4.78, 5) is 11.6. The predicted molar refractivity (Wildman–Crippen MR) is 88.8 cm³/mol. The van der Waals surface area contributed by atoms with Crippen LogP contribution in [-0.2, 0) is 14.8 Å². The number of nitrogens with one attached hydrogen (secondary N) is 1. The second kappa shape index (κ2) is 7.31. The van der Waals surface area contributed by atoms with Crippen LogP contribution in [0.1, 0.15) is 27.2 Å². The highest BCUT2D eigenvalue weighted by Gasteiger charge is 2.31. The highest BCUT2D eigenvalue weighted by atomic mass is 32.2. The minimum absolute atomic E-state index is 0.244. The van der Waals surface area contributed by atoms with Gasteiger partial charge in [0.15, 0.2) is 0 Å². The number of nitrogens with zero attached hydrogens (tertiary/aromatic N) is 1. The SMILES string of the molecule is CCOC(=O)Nc1ccc(S(=O)(=O)N2C[C@H](C)C[C@H](C)C2)cc1. The van der Waals surface area contributed by atoms with Crippen LogP contribution in [0.15, 0.2) is 29.2 Å². The Kier molecular flexibility index (Phi) is 5.64. The fraction of sp³-hybridized carbons (Fsp3) is 0.562. The van der Waals surface area contributed by atoms with E-state index in [9.17, 15) is 13.2 Å². The van der Waals surface area contributed by atoms with Gasteiger partial charge in [-0.25, -0.2) is 13.2 Å². The van der Waals surface area contributed by atoms with Gasteiger partial charge in [-0.15, -0.1) is 0 Å². The lowest BCUT2D eigenvalue weighted by molar-refractivity contribution is 0.168. The van der Waals surface area contributed by atoms with Gasteiger partial charge in [0, 0.05) is 18.8 Å². The largest absolute Gasteiger partial charge is 0.450 e. The molecule has 1 heterocycles. The Morgan fingerprint density at radius 3 is 2.30 bits per heavy atom. The lowest BCUT2D eigenvalue weighted by Gasteiger charge is -2.34. The molecule has 1 fully saturated rings. The molecule has 1 aromatic rings. The van der Waals surface area contributed by atoms with Crippen LogP contribution in [0.3, 0.4) is 0 Å². The van der Waals surface area contributed by atoms with Gasteiger partial charge >= 0.3 is 6.09 Å². The van der Waals surface area contributed by atoms with Crippen molar-refractivity contribution in [3.8, 4) is 0 Å². The third-order valence-electron chi connectivity index (χ3n) is 3.85. The summed E-state index contributed by atoms with van der Waals surface area (Å²) in [5.74, 6) is 0.719. The van der Waals surface area contributed by atoms with Gasteiger partial charge in [0.25, 0.3) is 0 Å². The van der Waals surface area contributed by atoms with Crippen molar-refractivity contribution in [2.75, 3.05) is 25.0 Å². The van der Waals surface area contributed by atoms with Crippen molar-refractivity contribution in [3.63, 3.8) is 0 Å². The quantitative estimate of drug-likeness (QED) is 0.914. The summed E-state index contributed by atoms with van der Waals surface area (Å²) >= 11 is 0. The minimum atomic E-state index is -3.49. The maximum absolute atomic E-state index is 12.7. The molecule has 1 aliphatic rings. The molecule has 2 rings (SSSR count). The number of rotatable bonds is 4. The molecule has 0 aliphatic carbocycles. The van der Waals surface area contributed by atoms with E-state index in [0.717, 1.165) is 6.42 Å². The Morgan fingerprint density at radius 2 is 1.78 bits per heavy atom. The molecule has 128 valence electrons. The van der Waals surface area contributed by atoms with E-state index in [0.29, 0.717) is 30.6 Å². The van der Waals surface area contributed by atoms with Crippen LogP contribution in [0.4, 0.5) is 10.5 Å². The first-order chi connectivity index (χ1) is 10.8. The van der Waals surface area contributed by atoms with Crippen LogP contribution >= 0.6 is 0 Å². The normalized spacial score (nSPS) is 22.6. The molecule has 1 N–H and O–H groups in total. The monoisotopic (exact) mass is 340 g/mol. The molecule has 0 saturated carbocycles. The maximum Gasteiger partial charge on any atom is 0.411 e. The summed E-state index contributed by atoms with van der Waals surface area (Å²) in [5, 5.41) is 2.55. The van der Waals surface area contributed by atoms with Gasteiger partial charge in [0.2, 0.25) is 10.0 Å². The summed E-state index contributed by atoms with van der Waals surface area (Å²) in [6, 6.07) is 6.17. The standard InChI is InChI=1S/C16H24N2O4S/c1-4-22-16(19)17-14-5-7-15(8-6-14)23(20,21)18-10-12(2)9-13(3)11-18/h5-8,12-13H,4,9-11H2,1-3H3,(H,17,19)/t12-,13+. The van der Waals surface area contributed by atoms with Crippen molar-refractivity contribution >= 4 is 21.8 Å². The second-order valence-electron chi connectivity index (χ2n) is 6.14. The summed E-state index contributed by atoms with van der Waals surface area (Å²) in [7, 11) is -3.49. The van der Waals surface area contributed by atoms with Crippen LogP contribution in [0, 0.1) is 11.8 Å². The van der Waals surface area contributed by atoms with E-state index in [2.05, 4.69) is 19.2 Å². The highest BCUT2D eigenvalue weighted by molar-refractivity contribution is 7.89. The number of carbonyl (C=O) groups is 1. The number of anilines is 1. The fourth-order valence-electron chi connectivity index (χ4n) is 2.95.